The summed E-state index contributed by atoms with van der Waals surface area (Å²) >= 11 is 0. The van der Waals surface area contributed by atoms with Gasteiger partial charge in [0.1, 0.15) is 17.7 Å². The Morgan fingerprint density at radius 3 is 1.75 bits per heavy atom. The summed E-state index contributed by atoms with van der Waals surface area (Å²) in [6, 6.07) is 24.2. The van der Waals surface area contributed by atoms with Gasteiger partial charge >= 0.3 is 12.1 Å². The molecule has 0 aromatic heterocycles. The number of nitrogens with one attached hydrogen (secondary N) is 4. The number of imide groups is 1. The summed E-state index contributed by atoms with van der Waals surface area (Å²) in [5.74, 6) is -2.99. The molecule has 13 nitrogen and oxygen atoms in total. The van der Waals surface area contributed by atoms with Gasteiger partial charge in [-0.15, -0.1) is 0 Å². The second kappa shape index (κ2) is 21.1. The van der Waals surface area contributed by atoms with Gasteiger partial charge in [0, 0.05) is 25.4 Å². The second-order valence-electron chi connectivity index (χ2n) is 15.5. The van der Waals surface area contributed by atoms with Gasteiger partial charge in [0.2, 0.25) is 11.8 Å². The zero-order chi connectivity index (χ0) is 40.7. The molecule has 56 heavy (non-hydrogen) atoms. The van der Waals surface area contributed by atoms with E-state index in [9.17, 15) is 29.1 Å². The highest BCUT2D eigenvalue weighted by molar-refractivity contribution is 5.99. The van der Waals surface area contributed by atoms with Crippen molar-refractivity contribution in [1.82, 2.24) is 26.2 Å². The number of aliphatic hydroxyl groups is 1. The van der Waals surface area contributed by atoms with Crippen molar-refractivity contribution in [3.63, 3.8) is 0 Å². The Bertz CT molecular complexity index is 1710. The van der Waals surface area contributed by atoms with Crippen molar-refractivity contribution in [2.75, 3.05) is 26.3 Å². The van der Waals surface area contributed by atoms with Crippen molar-refractivity contribution in [2.24, 2.45) is 11.8 Å². The van der Waals surface area contributed by atoms with Crippen LogP contribution in [0.25, 0.3) is 0 Å². The number of nitrogens with zero attached hydrogens (tertiary/aromatic N) is 1. The highest BCUT2D eigenvalue weighted by Gasteiger charge is 2.35. The van der Waals surface area contributed by atoms with Crippen LogP contribution in [0.4, 0.5) is 9.59 Å². The topological polar surface area (TPSA) is 175 Å². The third kappa shape index (κ3) is 14.4. The third-order valence-electron chi connectivity index (χ3n) is 9.38. The Balaban J connectivity index is 1.54. The highest BCUT2D eigenvalue weighted by Crippen LogP contribution is 2.20. The number of alkyl carbamates (subject to hydrolysis) is 1. The first-order valence-corrected chi connectivity index (χ1v) is 19.3. The molecule has 1 fully saturated rings. The number of amides is 6. The van der Waals surface area contributed by atoms with Crippen molar-refractivity contribution < 1.29 is 38.6 Å². The minimum atomic E-state index is -1.18. The molecule has 0 saturated carbocycles. The molecule has 1 aliphatic heterocycles. The van der Waals surface area contributed by atoms with Crippen molar-refractivity contribution >= 4 is 29.8 Å². The van der Waals surface area contributed by atoms with Gasteiger partial charge in [-0.3, -0.25) is 19.7 Å². The molecule has 5 N–H and O–H groups in total. The minimum absolute atomic E-state index is 0.0524. The third-order valence-corrected chi connectivity index (χ3v) is 9.38. The summed E-state index contributed by atoms with van der Waals surface area (Å²) in [4.78, 5) is 69.2. The maximum absolute atomic E-state index is 14.3. The predicted octanol–water partition coefficient (Wildman–Crippen LogP) is 4.17. The second-order valence-corrected chi connectivity index (χ2v) is 15.5. The van der Waals surface area contributed by atoms with Gasteiger partial charge in [-0.2, -0.15) is 0 Å². The van der Waals surface area contributed by atoms with Gasteiger partial charge in [-0.25, -0.2) is 9.59 Å². The molecule has 1 saturated heterocycles. The van der Waals surface area contributed by atoms with E-state index in [1.165, 1.54) is 4.90 Å². The van der Waals surface area contributed by atoms with Crippen molar-refractivity contribution in [1.29, 1.82) is 0 Å². The normalized spacial score (nSPS) is 15.7. The molecular weight excluding hydrogens is 714 g/mol. The smallest absolute Gasteiger partial charge is 0.407 e. The first kappa shape index (κ1) is 43.5. The molecule has 0 bridgehead atoms. The number of carbonyl (C=O) groups is 5. The number of hydrogen-bond donors (Lipinski definition) is 5. The van der Waals surface area contributed by atoms with Crippen LogP contribution in [0, 0.1) is 11.8 Å². The van der Waals surface area contributed by atoms with E-state index in [1.807, 2.05) is 91.0 Å². The molecule has 0 aliphatic carbocycles. The Kier molecular flexibility index (Phi) is 16.4. The van der Waals surface area contributed by atoms with Crippen LogP contribution in [0.5, 0.6) is 0 Å². The molecule has 3 aromatic rings. The van der Waals surface area contributed by atoms with E-state index in [0.717, 1.165) is 16.7 Å². The van der Waals surface area contributed by atoms with E-state index >= 15 is 0 Å². The van der Waals surface area contributed by atoms with E-state index in [4.69, 9.17) is 9.47 Å². The molecule has 13 heteroatoms. The fraction of sp³-hybridized carbons (Fsp3) is 0.465. The molecule has 5 atom stereocenters. The summed E-state index contributed by atoms with van der Waals surface area (Å²) in [5, 5.41) is 22.7. The molecule has 4 rings (SSSR count). The number of benzene rings is 3. The average Bonchev–Trinajstić information content (AvgIpc) is 3.16. The number of carbonyl (C=O) groups excluding carboxylic acids is 5. The Hall–Kier alpha value is -5.27. The number of ether oxygens (including phenoxy) is 2. The summed E-state index contributed by atoms with van der Waals surface area (Å²) in [6.07, 6.45) is -1.32. The van der Waals surface area contributed by atoms with Gasteiger partial charge in [-0.1, -0.05) is 105 Å². The summed E-state index contributed by atoms with van der Waals surface area (Å²) in [7, 11) is 0. The van der Waals surface area contributed by atoms with Crippen LogP contribution in [0.1, 0.15) is 57.7 Å². The van der Waals surface area contributed by atoms with Crippen LogP contribution < -0.4 is 21.3 Å². The molecule has 1 aliphatic rings. The lowest BCUT2D eigenvalue weighted by molar-refractivity contribution is -0.134. The maximum Gasteiger partial charge on any atom is 0.407 e. The molecule has 1 heterocycles. The minimum Gasteiger partial charge on any atom is -0.444 e. The van der Waals surface area contributed by atoms with E-state index in [2.05, 4.69) is 21.3 Å². The highest BCUT2D eigenvalue weighted by atomic mass is 16.6. The number of rotatable bonds is 16. The SMILES string of the molecule is CC(C)C(NC(=O)[C@H](Cc1ccccc1)C[C@H](O)[C@H](Cc1ccccc1)NC(=O)OC(C)(C)C)C(=O)N[C@@H](Cc1ccccc1)C(=O)NC(=O)N1CCOCC1. The first-order chi connectivity index (χ1) is 26.7. The monoisotopic (exact) mass is 771 g/mol. The van der Waals surface area contributed by atoms with E-state index < -0.39 is 71.5 Å². The Labute approximate surface area is 329 Å². The molecule has 0 radical (unpaired) electrons. The van der Waals surface area contributed by atoms with Crippen LogP contribution in [0.15, 0.2) is 91.0 Å². The average molecular weight is 772 g/mol. The van der Waals surface area contributed by atoms with Crippen molar-refractivity contribution in [3.8, 4) is 0 Å². The van der Waals surface area contributed by atoms with Gasteiger partial charge in [0.05, 0.1) is 25.4 Å². The lowest BCUT2D eigenvalue weighted by atomic mass is 9.88. The number of urea groups is 1. The Morgan fingerprint density at radius 1 is 0.714 bits per heavy atom. The molecule has 1 unspecified atom stereocenters. The number of hydrogen-bond acceptors (Lipinski definition) is 8. The van der Waals surface area contributed by atoms with Gasteiger partial charge in [0.15, 0.2) is 0 Å². The molecule has 3 aromatic carbocycles. The van der Waals surface area contributed by atoms with Crippen LogP contribution in [0.3, 0.4) is 0 Å². The molecule has 302 valence electrons. The van der Waals surface area contributed by atoms with E-state index in [0.29, 0.717) is 26.3 Å². The molecule has 0 spiro atoms. The lowest BCUT2D eigenvalue weighted by Crippen LogP contribution is -2.58. The number of aliphatic hydroxyl groups excluding tert-OH is 1. The zero-order valence-corrected chi connectivity index (χ0v) is 33.0. The van der Waals surface area contributed by atoms with Crippen LogP contribution in [-0.4, -0.2) is 96.0 Å². The van der Waals surface area contributed by atoms with Crippen molar-refractivity contribution in [3.05, 3.63) is 108 Å². The van der Waals surface area contributed by atoms with Gasteiger partial charge in [0.25, 0.3) is 5.91 Å². The van der Waals surface area contributed by atoms with Gasteiger partial charge in [-0.05, 0) is 62.6 Å². The summed E-state index contributed by atoms with van der Waals surface area (Å²) in [6.45, 7) is 10.2. The molecule has 6 amide bonds. The summed E-state index contributed by atoms with van der Waals surface area (Å²) < 4.78 is 10.8. The maximum atomic E-state index is 14.3. The molecular formula is C43H57N5O8. The van der Waals surface area contributed by atoms with Crippen LogP contribution in [-0.2, 0) is 43.1 Å². The standard InChI is InChI=1S/C43H57N5O8/c1-29(2)37(40(52)44-35(27-32-19-13-8-14-20-32)39(51)47-41(53)48-21-23-55-24-22-48)46-38(50)33(25-30-15-9-6-10-16-30)28-36(49)34(26-31-17-11-7-12-18-31)45-42(54)56-43(3,4)5/h6-20,29,33-37,49H,21-28H2,1-5H3,(H,44,52)(H,45,54)(H,46,50)(H,47,51,53)/t33-,34+,35+,36+,37?/m1/s1. The van der Waals surface area contributed by atoms with Crippen LogP contribution in [0.2, 0.25) is 0 Å². The predicted molar refractivity (Wildman–Crippen MR) is 212 cm³/mol. The first-order valence-electron chi connectivity index (χ1n) is 19.3. The zero-order valence-electron chi connectivity index (χ0n) is 33.0. The van der Waals surface area contributed by atoms with Gasteiger partial charge < -0.3 is 35.4 Å². The van der Waals surface area contributed by atoms with Crippen LogP contribution >= 0.6 is 0 Å². The fourth-order valence-corrected chi connectivity index (χ4v) is 6.41. The summed E-state index contributed by atoms with van der Waals surface area (Å²) in [5.41, 5.74) is 1.70. The van der Waals surface area contributed by atoms with Crippen molar-refractivity contribution in [2.45, 2.75) is 90.1 Å². The Morgan fingerprint density at radius 2 is 1.23 bits per heavy atom. The number of morpholine rings is 1. The quantitative estimate of drug-likeness (QED) is 0.144. The largest absolute Gasteiger partial charge is 0.444 e. The van der Waals surface area contributed by atoms with E-state index in [1.54, 1.807) is 34.6 Å². The lowest BCUT2D eigenvalue weighted by Gasteiger charge is -2.30. The fourth-order valence-electron chi connectivity index (χ4n) is 6.41. The van der Waals surface area contributed by atoms with E-state index in [-0.39, 0.29) is 25.7 Å².